The van der Waals surface area contributed by atoms with E-state index in [-0.39, 0.29) is 12.5 Å². The fraction of sp³-hybridized carbons (Fsp3) is 0.368. The van der Waals surface area contributed by atoms with E-state index in [9.17, 15) is 4.79 Å². The molecular formula is C19H25N3O4. The zero-order valence-electron chi connectivity index (χ0n) is 16.0. The average Bonchev–Trinajstić information content (AvgIpc) is 2.89. The number of benzene rings is 1. The monoisotopic (exact) mass is 359 g/mol. The third-order valence-corrected chi connectivity index (χ3v) is 4.22. The van der Waals surface area contributed by atoms with Crippen LogP contribution in [-0.4, -0.2) is 37.0 Å². The normalized spacial score (nSPS) is 10.8. The van der Waals surface area contributed by atoms with Crippen molar-refractivity contribution in [2.75, 3.05) is 21.3 Å². The number of rotatable bonds is 7. The van der Waals surface area contributed by atoms with Crippen LogP contribution in [0, 0.1) is 13.8 Å². The summed E-state index contributed by atoms with van der Waals surface area (Å²) >= 11 is 0. The van der Waals surface area contributed by atoms with Gasteiger partial charge in [0.05, 0.1) is 39.1 Å². The molecule has 26 heavy (non-hydrogen) atoms. The number of hydrogen-bond donors (Lipinski definition) is 1. The fourth-order valence-corrected chi connectivity index (χ4v) is 2.68. The summed E-state index contributed by atoms with van der Waals surface area (Å²) in [6.45, 7) is 4.15. The lowest BCUT2D eigenvalue weighted by molar-refractivity contribution is -0.116. The van der Waals surface area contributed by atoms with Crippen molar-refractivity contribution in [3.8, 4) is 17.2 Å². The minimum Gasteiger partial charge on any atom is -0.496 e. The molecule has 0 spiro atoms. The zero-order valence-corrected chi connectivity index (χ0v) is 16.0. The number of aromatic nitrogens is 2. The van der Waals surface area contributed by atoms with Gasteiger partial charge in [0.1, 0.15) is 17.2 Å². The maximum Gasteiger partial charge on any atom is 0.244 e. The Morgan fingerprint density at radius 2 is 1.77 bits per heavy atom. The number of amides is 1. The van der Waals surface area contributed by atoms with Crippen molar-refractivity contribution < 1.29 is 19.0 Å². The Morgan fingerprint density at radius 3 is 2.23 bits per heavy atom. The van der Waals surface area contributed by atoms with Crippen LogP contribution in [0.2, 0.25) is 0 Å². The standard InChI is InChI=1S/C19H25N3O4/c1-12-15(13(2)22(3)21-12)7-8-19(23)20-11-16-17(25-5)9-14(24-4)10-18(16)26-6/h7-10H,11H2,1-6H3,(H,20,23)/b8-7+. The molecule has 0 radical (unpaired) electrons. The highest BCUT2D eigenvalue weighted by atomic mass is 16.5. The SMILES string of the molecule is COc1cc(OC)c(CNC(=O)/C=C/c2c(C)nn(C)c2C)c(OC)c1. The second-order valence-corrected chi connectivity index (χ2v) is 5.77. The van der Waals surface area contributed by atoms with Crippen LogP contribution in [0.25, 0.3) is 6.08 Å². The van der Waals surface area contributed by atoms with Gasteiger partial charge in [0.25, 0.3) is 0 Å². The van der Waals surface area contributed by atoms with Crippen LogP contribution < -0.4 is 19.5 Å². The first-order chi connectivity index (χ1) is 12.4. The van der Waals surface area contributed by atoms with E-state index >= 15 is 0 Å². The molecule has 0 bridgehead atoms. The van der Waals surface area contributed by atoms with E-state index in [0.29, 0.717) is 17.2 Å². The van der Waals surface area contributed by atoms with Gasteiger partial charge in [0.15, 0.2) is 0 Å². The summed E-state index contributed by atoms with van der Waals surface area (Å²) < 4.78 is 17.8. The second kappa shape index (κ2) is 8.42. The summed E-state index contributed by atoms with van der Waals surface area (Å²) in [6, 6.07) is 3.50. The van der Waals surface area contributed by atoms with E-state index in [4.69, 9.17) is 14.2 Å². The molecule has 2 aromatic rings. The van der Waals surface area contributed by atoms with Crippen LogP contribution in [0.1, 0.15) is 22.5 Å². The molecule has 1 aromatic heterocycles. The molecule has 0 saturated heterocycles. The summed E-state index contributed by atoms with van der Waals surface area (Å²) in [6.07, 6.45) is 3.27. The first-order valence-electron chi connectivity index (χ1n) is 8.16. The molecule has 1 N–H and O–H groups in total. The van der Waals surface area contributed by atoms with Crippen molar-refractivity contribution in [1.82, 2.24) is 15.1 Å². The Morgan fingerprint density at radius 1 is 1.15 bits per heavy atom. The number of nitrogens with one attached hydrogen (secondary N) is 1. The van der Waals surface area contributed by atoms with Crippen molar-refractivity contribution in [2.45, 2.75) is 20.4 Å². The molecule has 0 unspecified atom stereocenters. The highest BCUT2D eigenvalue weighted by molar-refractivity contribution is 5.92. The van der Waals surface area contributed by atoms with Gasteiger partial charge in [-0.1, -0.05) is 0 Å². The highest BCUT2D eigenvalue weighted by Crippen LogP contribution is 2.33. The second-order valence-electron chi connectivity index (χ2n) is 5.77. The number of hydrogen-bond acceptors (Lipinski definition) is 5. The van der Waals surface area contributed by atoms with Crippen molar-refractivity contribution in [1.29, 1.82) is 0 Å². The Balaban J connectivity index is 2.13. The number of ether oxygens (including phenoxy) is 3. The van der Waals surface area contributed by atoms with E-state index in [1.54, 1.807) is 44.2 Å². The van der Waals surface area contributed by atoms with Crippen molar-refractivity contribution in [2.24, 2.45) is 7.05 Å². The number of nitrogens with zero attached hydrogens (tertiary/aromatic N) is 2. The minimum absolute atomic E-state index is 0.215. The lowest BCUT2D eigenvalue weighted by Crippen LogP contribution is -2.21. The zero-order chi connectivity index (χ0) is 19.3. The Kier molecular flexibility index (Phi) is 6.27. The molecule has 0 aliphatic heterocycles. The molecule has 0 fully saturated rings. The summed E-state index contributed by atoms with van der Waals surface area (Å²) in [5.74, 6) is 1.58. The molecule has 0 atom stereocenters. The van der Waals surface area contributed by atoms with Crippen molar-refractivity contribution >= 4 is 12.0 Å². The molecule has 1 amide bonds. The summed E-state index contributed by atoms with van der Waals surface area (Å²) in [4.78, 5) is 12.2. The fourth-order valence-electron chi connectivity index (χ4n) is 2.68. The van der Waals surface area contributed by atoms with Crippen LogP contribution in [-0.2, 0) is 18.4 Å². The van der Waals surface area contributed by atoms with E-state index in [1.807, 2.05) is 20.9 Å². The first kappa shape index (κ1) is 19.4. The van der Waals surface area contributed by atoms with E-state index < -0.39 is 0 Å². The number of aryl methyl sites for hydroxylation is 2. The molecule has 0 aliphatic carbocycles. The molecule has 140 valence electrons. The predicted octanol–water partition coefficient (Wildman–Crippen LogP) is 2.39. The first-order valence-corrected chi connectivity index (χ1v) is 8.16. The van der Waals surface area contributed by atoms with Crippen molar-refractivity contribution in [3.05, 3.63) is 40.7 Å². The topological polar surface area (TPSA) is 74.6 Å². The van der Waals surface area contributed by atoms with Gasteiger partial charge in [-0.25, -0.2) is 0 Å². The van der Waals surface area contributed by atoms with Crippen LogP contribution in [0.4, 0.5) is 0 Å². The van der Waals surface area contributed by atoms with Gasteiger partial charge in [-0.05, 0) is 19.9 Å². The summed E-state index contributed by atoms with van der Waals surface area (Å²) in [5.41, 5.74) is 3.58. The van der Waals surface area contributed by atoms with Crippen molar-refractivity contribution in [3.63, 3.8) is 0 Å². The van der Waals surface area contributed by atoms with Gasteiger partial charge in [-0.3, -0.25) is 9.48 Å². The van der Waals surface area contributed by atoms with Gasteiger partial charge in [-0.15, -0.1) is 0 Å². The van der Waals surface area contributed by atoms with E-state index in [2.05, 4.69) is 10.4 Å². The molecule has 7 nitrogen and oxygen atoms in total. The van der Waals surface area contributed by atoms with Crippen LogP contribution in [0.3, 0.4) is 0 Å². The Bertz CT molecular complexity index is 799. The third-order valence-electron chi connectivity index (χ3n) is 4.22. The summed E-state index contributed by atoms with van der Waals surface area (Å²) in [7, 11) is 6.58. The molecule has 0 aliphatic rings. The molecular weight excluding hydrogens is 334 g/mol. The number of methoxy groups -OCH3 is 3. The van der Waals surface area contributed by atoms with E-state index in [0.717, 1.165) is 22.5 Å². The molecule has 7 heteroatoms. The minimum atomic E-state index is -0.215. The Labute approximate surface area is 153 Å². The third kappa shape index (κ3) is 4.17. The van der Waals surface area contributed by atoms with Crippen LogP contribution in [0.5, 0.6) is 17.2 Å². The molecule has 1 heterocycles. The lowest BCUT2D eigenvalue weighted by Gasteiger charge is -2.15. The van der Waals surface area contributed by atoms with Gasteiger partial charge in [0.2, 0.25) is 5.91 Å². The maximum atomic E-state index is 12.2. The van der Waals surface area contributed by atoms with Gasteiger partial charge in [-0.2, -0.15) is 5.10 Å². The quantitative estimate of drug-likeness (QED) is 0.769. The number of carbonyl (C=O) groups is 1. The number of carbonyl (C=O) groups excluding carboxylic acids is 1. The van der Waals surface area contributed by atoms with Gasteiger partial charge in [0, 0.05) is 36.5 Å². The molecule has 0 saturated carbocycles. The largest absolute Gasteiger partial charge is 0.496 e. The smallest absolute Gasteiger partial charge is 0.244 e. The molecule has 2 rings (SSSR count). The maximum absolute atomic E-state index is 12.2. The van der Waals surface area contributed by atoms with Gasteiger partial charge >= 0.3 is 0 Å². The molecule has 1 aromatic carbocycles. The van der Waals surface area contributed by atoms with Gasteiger partial charge < -0.3 is 19.5 Å². The highest BCUT2D eigenvalue weighted by Gasteiger charge is 2.14. The predicted molar refractivity (Wildman–Crippen MR) is 99.7 cm³/mol. The lowest BCUT2D eigenvalue weighted by atomic mass is 10.1. The van der Waals surface area contributed by atoms with E-state index in [1.165, 1.54) is 6.08 Å². The van der Waals surface area contributed by atoms with Crippen LogP contribution >= 0.6 is 0 Å². The Hall–Kier alpha value is -2.96. The average molecular weight is 359 g/mol. The summed E-state index contributed by atoms with van der Waals surface area (Å²) in [5, 5.41) is 7.18. The van der Waals surface area contributed by atoms with Crippen LogP contribution in [0.15, 0.2) is 18.2 Å².